The van der Waals surface area contributed by atoms with Crippen LogP contribution in [-0.4, -0.2) is 51.6 Å². The molecule has 8 nitrogen and oxygen atoms in total. The van der Waals surface area contributed by atoms with E-state index < -0.39 is 29.4 Å². The Kier molecular flexibility index (Phi) is 6.19. The lowest BCUT2D eigenvalue weighted by Gasteiger charge is -2.52. The van der Waals surface area contributed by atoms with E-state index in [-0.39, 0.29) is 33.9 Å². The summed E-state index contributed by atoms with van der Waals surface area (Å²) in [6.45, 7) is 4.10. The zero-order valence-corrected chi connectivity index (χ0v) is 19.9. The minimum atomic E-state index is -2.94. The third-order valence-corrected chi connectivity index (χ3v) is 7.24. The third-order valence-electron chi connectivity index (χ3n) is 7.24. The summed E-state index contributed by atoms with van der Waals surface area (Å²) in [4.78, 5) is 36.4. The van der Waals surface area contributed by atoms with Crippen LogP contribution in [0, 0.1) is 11.2 Å². The van der Waals surface area contributed by atoms with Gasteiger partial charge in [0.2, 0.25) is 0 Å². The molecule has 3 aromatic rings. The number of nitrogens with zero attached hydrogens (tertiary/aromatic N) is 4. The molecule has 4 heterocycles. The average molecular weight is 502 g/mol. The number of likely N-dealkylation sites (tertiary alicyclic amines) is 1. The Morgan fingerprint density at radius 2 is 1.86 bits per heavy atom. The van der Waals surface area contributed by atoms with E-state index in [1.807, 2.05) is 0 Å². The fraction of sp³-hybridized carbons (Fsp3) is 0.440. The van der Waals surface area contributed by atoms with Crippen LogP contribution in [0.1, 0.15) is 53.7 Å². The molecule has 2 fully saturated rings. The van der Waals surface area contributed by atoms with Gasteiger partial charge in [0.25, 0.3) is 17.9 Å². The molecule has 2 saturated heterocycles. The topological polar surface area (TPSA) is 89.4 Å². The summed E-state index contributed by atoms with van der Waals surface area (Å²) < 4.78 is 47.8. The Morgan fingerprint density at radius 3 is 2.56 bits per heavy atom. The molecular weight excluding hydrogens is 475 g/mol. The Morgan fingerprint density at radius 1 is 1.17 bits per heavy atom. The van der Waals surface area contributed by atoms with Gasteiger partial charge in [0.05, 0.1) is 17.0 Å². The number of ether oxygens (including phenoxy) is 1. The number of carbonyl (C=O) groups is 1. The highest BCUT2D eigenvalue weighted by Gasteiger charge is 2.46. The second-order valence-electron chi connectivity index (χ2n) is 9.57. The predicted molar refractivity (Wildman–Crippen MR) is 127 cm³/mol. The lowest BCUT2D eigenvalue weighted by molar-refractivity contribution is -0.0666. The van der Waals surface area contributed by atoms with Crippen LogP contribution in [0.15, 0.2) is 35.4 Å². The predicted octanol–water partition coefficient (Wildman–Crippen LogP) is 3.83. The van der Waals surface area contributed by atoms with E-state index in [1.54, 1.807) is 11.8 Å². The van der Waals surface area contributed by atoms with Crippen molar-refractivity contribution < 1.29 is 22.7 Å². The summed E-state index contributed by atoms with van der Waals surface area (Å²) in [5.41, 5.74) is -0.786. The van der Waals surface area contributed by atoms with E-state index in [9.17, 15) is 22.8 Å². The van der Waals surface area contributed by atoms with Crippen molar-refractivity contribution in [3.05, 3.63) is 63.5 Å². The van der Waals surface area contributed by atoms with Gasteiger partial charge in [0, 0.05) is 44.3 Å². The maximum atomic E-state index is 14.7. The second-order valence-corrected chi connectivity index (χ2v) is 9.57. The molecule has 190 valence electrons. The molecule has 0 saturated carbocycles. The number of nitrogens with one attached hydrogen (secondary N) is 1. The Bertz CT molecular complexity index is 1380. The number of alkyl halides is 2. The smallest absolute Gasteiger partial charge is 0.266 e. The average Bonchev–Trinajstić information content (AvgIpc) is 2.85. The van der Waals surface area contributed by atoms with Gasteiger partial charge in [-0.15, -0.1) is 0 Å². The molecule has 0 aliphatic carbocycles. The number of halogens is 3. The molecule has 11 heteroatoms. The summed E-state index contributed by atoms with van der Waals surface area (Å²) >= 11 is 0. The molecule has 2 aliphatic rings. The van der Waals surface area contributed by atoms with E-state index in [4.69, 9.17) is 4.74 Å². The molecule has 2 aliphatic heterocycles. The summed E-state index contributed by atoms with van der Waals surface area (Å²) in [6, 6.07) is 4.56. The van der Waals surface area contributed by atoms with Gasteiger partial charge in [0.15, 0.2) is 0 Å². The molecular formula is C25H26F3N5O3. The van der Waals surface area contributed by atoms with Crippen LogP contribution in [0.2, 0.25) is 0 Å². The molecule has 1 atom stereocenters. The van der Waals surface area contributed by atoms with Gasteiger partial charge in [0.1, 0.15) is 29.2 Å². The number of aryl methyl sites for hydroxylation is 1. The number of fused-ring (bicyclic) bond motifs is 1. The van der Waals surface area contributed by atoms with Gasteiger partial charge in [-0.1, -0.05) is 18.2 Å². The highest BCUT2D eigenvalue weighted by atomic mass is 19.3. The van der Waals surface area contributed by atoms with Crippen molar-refractivity contribution in [2.75, 3.05) is 31.6 Å². The molecule has 0 unspecified atom stereocenters. The fourth-order valence-corrected chi connectivity index (χ4v) is 5.09. The Labute approximate surface area is 205 Å². The Hall–Kier alpha value is -3.47. The second kappa shape index (κ2) is 9.20. The van der Waals surface area contributed by atoms with E-state index in [0.29, 0.717) is 31.7 Å². The molecule has 0 radical (unpaired) electrons. The largest absolute Gasteiger partial charge is 0.381 e. The SMILES string of the molecule is C[C@@H](Nc1ncnc2c1cc(C(=O)N1CC3(CCOCC3)C1)c(=O)n2C)c1cccc(C(F)F)c1F. The molecule has 5 rings (SSSR count). The van der Waals surface area contributed by atoms with Crippen LogP contribution in [-0.2, 0) is 11.8 Å². The maximum absolute atomic E-state index is 14.7. The van der Waals surface area contributed by atoms with E-state index in [1.165, 1.54) is 36.1 Å². The first-order chi connectivity index (χ1) is 17.2. The molecule has 1 N–H and O–H groups in total. The number of hydrogen-bond donors (Lipinski definition) is 1. The molecule has 1 aromatic carbocycles. The summed E-state index contributed by atoms with van der Waals surface area (Å²) in [5, 5.41) is 3.42. The van der Waals surface area contributed by atoms with Crippen molar-refractivity contribution >= 4 is 22.8 Å². The first-order valence-corrected chi connectivity index (χ1v) is 11.8. The van der Waals surface area contributed by atoms with Crippen molar-refractivity contribution in [3.8, 4) is 0 Å². The fourth-order valence-electron chi connectivity index (χ4n) is 5.09. The minimum absolute atomic E-state index is 0.0108. The van der Waals surface area contributed by atoms with Crippen molar-refractivity contribution in [1.82, 2.24) is 19.4 Å². The standard InChI is InChI=1S/C25H26F3N5O3/c1-14(15-4-3-5-16(19(15)26)20(27)28)31-21-17-10-18(23(34)32(2)22(17)30-13-29-21)24(35)33-11-25(12-33)6-8-36-9-7-25/h3-5,10,13-14,20H,6-9,11-12H2,1-2H3,(H,29,30,31)/t14-/m1/s1. The maximum Gasteiger partial charge on any atom is 0.266 e. The summed E-state index contributed by atoms with van der Waals surface area (Å²) in [6.07, 6.45) is 0.0711. The number of anilines is 1. The van der Waals surface area contributed by atoms with Gasteiger partial charge in [-0.3, -0.25) is 14.2 Å². The summed E-state index contributed by atoms with van der Waals surface area (Å²) in [5.74, 6) is -1.11. The van der Waals surface area contributed by atoms with Gasteiger partial charge in [-0.05, 0) is 25.8 Å². The number of rotatable bonds is 5. The Balaban J connectivity index is 1.47. The number of amides is 1. The van der Waals surface area contributed by atoms with E-state index in [0.717, 1.165) is 18.9 Å². The van der Waals surface area contributed by atoms with Gasteiger partial charge < -0.3 is 15.0 Å². The van der Waals surface area contributed by atoms with Gasteiger partial charge >= 0.3 is 0 Å². The van der Waals surface area contributed by atoms with Crippen LogP contribution >= 0.6 is 0 Å². The van der Waals surface area contributed by atoms with E-state index in [2.05, 4.69) is 15.3 Å². The highest BCUT2D eigenvalue weighted by molar-refractivity contribution is 5.99. The van der Waals surface area contributed by atoms with Gasteiger partial charge in [-0.2, -0.15) is 0 Å². The van der Waals surface area contributed by atoms with Crippen molar-refractivity contribution in [2.45, 2.75) is 32.2 Å². The lowest BCUT2D eigenvalue weighted by Crippen LogP contribution is -2.60. The van der Waals surface area contributed by atoms with E-state index >= 15 is 0 Å². The molecule has 1 spiro atoms. The molecule has 2 aromatic heterocycles. The highest BCUT2D eigenvalue weighted by Crippen LogP contribution is 2.40. The zero-order chi connectivity index (χ0) is 25.6. The number of hydrogen-bond acceptors (Lipinski definition) is 6. The lowest BCUT2D eigenvalue weighted by atomic mass is 9.73. The molecule has 36 heavy (non-hydrogen) atoms. The normalized spacial score (nSPS) is 17.9. The van der Waals surface area contributed by atoms with Crippen molar-refractivity contribution in [2.24, 2.45) is 12.5 Å². The van der Waals surface area contributed by atoms with Crippen LogP contribution in [0.5, 0.6) is 0 Å². The number of aromatic nitrogens is 3. The summed E-state index contributed by atoms with van der Waals surface area (Å²) in [7, 11) is 1.52. The first-order valence-electron chi connectivity index (χ1n) is 11.8. The van der Waals surface area contributed by atoms with Crippen molar-refractivity contribution in [1.29, 1.82) is 0 Å². The zero-order valence-electron chi connectivity index (χ0n) is 19.9. The molecule has 1 amide bonds. The number of benzene rings is 1. The van der Waals surface area contributed by atoms with Crippen molar-refractivity contribution in [3.63, 3.8) is 0 Å². The van der Waals surface area contributed by atoms with Crippen LogP contribution in [0.25, 0.3) is 11.0 Å². The minimum Gasteiger partial charge on any atom is -0.381 e. The third kappa shape index (κ3) is 4.11. The van der Waals surface area contributed by atoms with Crippen LogP contribution in [0.4, 0.5) is 19.0 Å². The monoisotopic (exact) mass is 501 g/mol. The first kappa shape index (κ1) is 24.2. The molecule has 0 bridgehead atoms. The van der Waals surface area contributed by atoms with Crippen LogP contribution in [0.3, 0.4) is 0 Å². The van der Waals surface area contributed by atoms with Crippen LogP contribution < -0.4 is 10.9 Å². The number of carbonyl (C=O) groups excluding carboxylic acids is 1. The number of pyridine rings is 1. The quantitative estimate of drug-likeness (QED) is 0.572. The van der Waals surface area contributed by atoms with Gasteiger partial charge in [-0.25, -0.2) is 23.1 Å².